The molecule has 0 unspecified atom stereocenters. The van der Waals surface area contributed by atoms with Gasteiger partial charge in [0.05, 0.1) is 5.69 Å². The molecule has 2 aromatic rings. The van der Waals surface area contributed by atoms with E-state index < -0.39 is 5.97 Å². The highest BCUT2D eigenvalue weighted by Crippen LogP contribution is 2.34. The molecule has 4 nitrogen and oxygen atoms in total. The van der Waals surface area contributed by atoms with Crippen LogP contribution in [0, 0.1) is 6.92 Å². The molecule has 1 heterocycles. The first-order chi connectivity index (χ1) is 13.3. The second-order valence-electron chi connectivity index (χ2n) is 8.72. The Morgan fingerprint density at radius 1 is 1.11 bits per heavy atom. The van der Waals surface area contributed by atoms with E-state index in [-0.39, 0.29) is 11.0 Å². The lowest BCUT2D eigenvalue weighted by atomic mass is 9.87. The van der Waals surface area contributed by atoms with Crippen molar-refractivity contribution in [1.29, 1.82) is 0 Å². The quantitative estimate of drug-likeness (QED) is 0.485. The number of nitrogens with zero attached hydrogens (tertiary/aromatic N) is 2. The summed E-state index contributed by atoms with van der Waals surface area (Å²) >= 11 is 1.50. The monoisotopic (exact) mass is 398 g/mol. The number of carboxylic acid groups (broad SMARTS) is 1. The van der Waals surface area contributed by atoms with Crippen molar-refractivity contribution < 1.29 is 9.90 Å². The highest BCUT2D eigenvalue weighted by molar-refractivity contribution is 7.98. The summed E-state index contributed by atoms with van der Waals surface area (Å²) < 4.78 is 0. The molecule has 1 aliphatic rings. The van der Waals surface area contributed by atoms with Crippen LogP contribution in [0.5, 0.6) is 0 Å². The van der Waals surface area contributed by atoms with Gasteiger partial charge < -0.3 is 5.11 Å². The molecule has 0 radical (unpaired) electrons. The maximum absolute atomic E-state index is 11.8. The topological polar surface area (TPSA) is 63.1 Å². The van der Waals surface area contributed by atoms with E-state index in [4.69, 9.17) is 4.98 Å². The minimum absolute atomic E-state index is 0.126. The Balaban J connectivity index is 1.83. The predicted octanol–water partition coefficient (Wildman–Crippen LogP) is 6.12. The maximum Gasteiger partial charge on any atom is 0.340 e. The molecule has 1 aliphatic carbocycles. The van der Waals surface area contributed by atoms with Gasteiger partial charge in [-0.15, -0.1) is 11.8 Å². The Kier molecular flexibility index (Phi) is 6.43. The van der Waals surface area contributed by atoms with E-state index >= 15 is 0 Å². The summed E-state index contributed by atoms with van der Waals surface area (Å²) in [6.45, 7) is 8.39. The zero-order valence-corrected chi connectivity index (χ0v) is 18.1. The van der Waals surface area contributed by atoms with Crippen LogP contribution in [0.1, 0.15) is 91.8 Å². The van der Waals surface area contributed by atoms with Gasteiger partial charge in [0.2, 0.25) is 0 Å². The third kappa shape index (κ3) is 4.93. The molecule has 1 aromatic carbocycles. The van der Waals surface area contributed by atoms with Gasteiger partial charge in [-0.05, 0) is 36.3 Å². The van der Waals surface area contributed by atoms with Gasteiger partial charge in [-0.1, -0.05) is 64.3 Å². The van der Waals surface area contributed by atoms with Crippen LogP contribution >= 0.6 is 11.8 Å². The van der Waals surface area contributed by atoms with Crippen LogP contribution in [0.25, 0.3) is 0 Å². The summed E-state index contributed by atoms with van der Waals surface area (Å²) in [4.78, 5) is 21.1. The summed E-state index contributed by atoms with van der Waals surface area (Å²) in [6, 6.07) is 8.58. The van der Waals surface area contributed by atoms with Gasteiger partial charge in [-0.25, -0.2) is 14.8 Å². The number of hydrogen-bond donors (Lipinski definition) is 1. The number of aryl methyl sites for hydroxylation is 1. The third-order valence-corrected chi connectivity index (χ3v) is 6.50. The Bertz CT molecular complexity index is 835. The molecule has 1 fully saturated rings. The van der Waals surface area contributed by atoms with Crippen LogP contribution in [0.4, 0.5) is 0 Å². The van der Waals surface area contributed by atoms with E-state index in [0.717, 1.165) is 18.7 Å². The average Bonchev–Trinajstić information content (AvgIpc) is 2.66. The Morgan fingerprint density at radius 3 is 2.32 bits per heavy atom. The van der Waals surface area contributed by atoms with Gasteiger partial charge >= 0.3 is 5.97 Å². The molecule has 3 rings (SSSR count). The highest BCUT2D eigenvalue weighted by Gasteiger charge is 2.24. The second kappa shape index (κ2) is 8.64. The Hall–Kier alpha value is -1.88. The molecule has 0 atom stereocenters. The van der Waals surface area contributed by atoms with Gasteiger partial charge in [0.25, 0.3) is 0 Å². The van der Waals surface area contributed by atoms with Crippen LogP contribution in [0.2, 0.25) is 0 Å². The van der Waals surface area contributed by atoms with Crippen molar-refractivity contribution in [1.82, 2.24) is 9.97 Å². The molecule has 0 amide bonds. The summed E-state index contributed by atoms with van der Waals surface area (Å²) in [5, 5.41) is 10.3. The van der Waals surface area contributed by atoms with Crippen molar-refractivity contribution in [2.24, 2.45) is 0 Å². The first-order valence-electron chi connectivity index (χ1n) is 10.1. The minimum atomic E-state index is -0.946. The van der Waals surface area contributed by atoms with Crippen LogP contribution in [0.15, 0.2) is 29.3 Å². The van der Waals surface area contributed by atoms with Crippen molar-refractivity contribution >= 4 is 17.7 Å². The Labute approximate surface area is 172 Å². The molecule has 0 bridgehead atoms. The van der Waals surface area contributed by atoms with E-state index in [1.807, 2.05) is 0 Å². The van der Waals surface area contributed by atoms with Crippen molar-refractivity contribution in [3.05, 3.63) is 52.5 Å². The average molecular weight is 399 g/mol. The number of thioether (sulfide) groups is 1. The van der Waals surface area contributed by atoms with Crippen LogP contribution in [-0.4, -0.2) is 21.0 Å². The lowest BCUT2D eigenvalue weighted by Gasteiger charge is -2.21. The number of carbonyl (C=O) groups is 1. The van der Waals surface area contributed by atoms with Crippen molar-refractivity contribution in [2.45, 2.75) is 81.9 Å². The number of rotatable bonds is 5. The molecule has 1 saturated carbocycles. The normalized spacial score (nSPS) is 15.6. The molecular weight excluding hydrogens is 368 g/mol. The first-order valence-corrected chi connectivity index (χ1v) is 11.1. The summed E-state index contributed by atoms with van der Waals surface area (Å²) in [5.41, 5.74) is 3.42. The zero-order chi connectivity index (χ0) is 20.3. The molecule has 0 spiro atoms. The second-order valence-corrected chi connectivity index (χ2v) is 9.69. The first kappa shape index (κ1) is 20.8. The fourth-order valence-electron chi connectivity index (χ4n) is 3.71. The molecule has 5 heteroatoms. The van der Waals surface area contributed by atoms with Crippen LogP contribution in [0.3, 0.4) is 0 Å². The van der Waals surface area contributed by atoms with Gasteiger partial charge in [0.15, 0.2) is 0 Å². The fraction of sp³-hybridized carbons (Fsp3) is 0.522. The minimum Gasteiger partial charge on any atom is -0.478 e. The third-order valence-electron chi connectivity index (χ3n) is 5.45. The van der Waals surface area contributed by atoms with E-state index in [9.17, 15) is 9.90 Å². The maximum atomic E-state index is 11.8. The van der Waals surface area contributed by atoms with Gasteiger partial charge in [-0.3, -0.25) is 0 Å². The van der Waals surface area contributed by atoms with Gasteiger partial charge in [-0.2, -0.15) is 0 Å². The van der Waals surface area contributed by atoms with Crippen molar-refractivity contribution in [3.63, 3.8) is 0 Å². The van der Waals surface area contributed by atoms with Gasteiger partial charge in [0, 0.05) is 11.7 Å². The van der Waals surface area contributed by atoms with E-state index in [1.165, 1.54) is 42.2 Å². The molecule has 28 heavy (non-hydrogen) atoms. The largest absolute Gasteiger partial charge is 0.478 e. The molecule has 150 valence electrons. The zero-order valence-electron chi connectivity index (χ0n) is 17.3. The van der Waals surface area contributed by atoms with Crippen LogP contribution < -0.4 is 0 Å². The molecule has 1 aromatic heterocycles. The van der Waals surface area contributed by atoms with Crippen LogP contribution in [-0.2, 0) is 11.2 Å². The lowest BCUT2D eigenvalue weighted by Crippen LogP contribution is -2.14. The SMILES string of the molecule is Cc1nc(C2CCCCC2)nc(SCc2ccc(C(C)(C)C)cc2)c1C(=O)O. The number of benzene rings is 1. The number of aromatic carboxylic acids is 1. The summed E-state index contributed by atoms with van der Waals surface area (Å²) in [6.07, 6.45) is 5.88. The number of aromatic nitrogens is 2. The standard InChI is InChI=1S/C23H30N2O2S/c1-15-19(22(26)27)21(25-20(24-15)17-8-6-5-7-9-17)28-14-16-10-12-18(13-11-16)23(2,3)4/h10-13,17H,5-9,14H2,1-4H3,(H,26,27). The molecule has 1 N–H and O–H groups in total. The Morgan fingerprint density at radius 2 is 1.75 bits per heavy atom. The summed E-state index contributed by atoms with van der Waals surface area (Å²) in [7, 11) is 0. The van der Waals surface area contributed by atoms with E-state index in [1.54, 1.807) is 6.92 Å². The predicted molar refractivity (Wildman–Crippen MR) is 114 cm³/mol. The smallest absolute Gasteiger partial charge is 0.340 e. The number of hydrogen-bond acceptors (Lipinski definition) is 4. The molecular formula is C23H30N2O2S. The molecule has 0 saturated heterocycles. The highest BCUT2D eigenvalue weighted by atomic mass is 32.2. The number of carboxylic acids is 1. The van der Waals surface area contributed by atoms with E-state index in [0.29, 0.717) is 22.4 Å². The fourth-order valence-corrected chi connectivity index (χ4v) is 4.75. The van der Waals surface area contributed by atoms with Crippen molar-refractivity contribution in [3.8, 4) is 0 Å². The molecule has 0 aliphatic heterocycles. The van der Waals surface area contributed by atoms with Gasteiger partial charge in [0.1, 0.15) is 16.4 Å². The lowest BCUT2D eigenvalue weighted by molar-refractivity contribution is 0.0690. The van der Waals surface area contributed by atoms with Crippen molar-refractivity contribution in [2.75, 3.05) is 0 Å². The summed E-state index contributed by atoms with van der Waals surface area (Å²) in [5.74, 6) is 0.942. The van der Waals surface area contributed by atoms with E-state index in [2.05, 4.69) is 50.0 Å².